The number of phenolic OH excluding ortho intramolecular Hbond substituents is 1. The van der Waals surface area contributed by atoms with Crippen molar-refractivity contribution in [3.8, 4) is 11.5 Å². The first-order valence-corrected chi connectivity index (χ1v) is 5.78. The fourth-order valence-corrected chi connectivity index (χ4v) is 1.90. The van der Waals surface area contributed by atoms with Gasteiger partial charge in [-0.1, -0.05) is 6.07 Å². The number of phenols is 1. The molecule has 78 valence electrons. The molecular formula is C10H13BrO2S. The number of aryl methyl sites for hydroxylation is 1. The van der Waals surface area contributed by atoms with Crippen molar-refractivity contribution >= 4 is 28.6 Å². The quantitative estimate of drug-likeness (QED) is 0.828. The Hall–Kier alpha value is -0.350. The first kappa shape index (κ1) is 11.7. The maximum atomic E-state index is 9.69. The van der Waals surface area contributed by atoms with Crippen LogP contribution in [0.25, 0.3) is 0 Å². The van der Waals surface area contributed by atoms with Crippen LogP contribution >= 0.6 is 28.6 Å². The lowest BCUT2D eigenvalue weighted by Crippen LogP contribution is -1.91. The average molecular weight is 277 g/mol. The van der Waals surface area contributed by atoms with E-state index in [1.165, 1.54) is 7.11 Å². The van der Waals surface area contributed by atoms with Gasteiger partial charge in [0.15, 0.2) is 11.5 Å². The number of hydrogen-bond donors (Lipinski definition) is 2. The van der Waals surface area contributed by atoms with Gasteiger partial charge in [-0.3, -0.25) is 0 Å². The summed E-state index contributed by atoms with van der Waals surface area (Å²) in [7, 11) is 1.54. The molecule has 1 aromatic carbocycles. The zero-order valence-electron chi connectivity index (χ0n) is 7.96. The van der Waals surface area contributed by atoms with E-state index in [4.69, 9.17) is 4.74 Å². The highest BCUT2D eigenvalue weighted by Crippen LogP contribution is 2.36. The van der Waals surface area contributed by atoms with Gasteiger partial charge in [-0.05, 0) is 46.2 Å². The summed E-state index contributed by atoms with van der Waals surface area (Å²) in [5, 5.41) is 9.69. The molecule has 1 aromatic rings. The highest BCUT2D eigenvalue weighted by atomic mass is 79.9. The van der Waals surface area contributed by atoms with Crippen molar-refractivity contribution in [1.82, 2.24) is 0 Å². The standard InChI is InChI=1S/C10H13BrO2S/c1-13-8-5-4-7(3-2-6-14)9(11)10(8)12/h4-5,12,14H,2-3,6H2,1H3. The van der Waals surface area contributed by atoms with Crippen LogP contribution in [0, 0.1) is 0 Å². The molecule has 2 nitrogen and oxygen atoms in total. The molecule has 0 aliphatic heterocycles. The van der Waals surface area contributed by atoms with Crippen molar-refractivity contribution in [2.45, 2.75) is 12.8 Å². The monoisotopic (exact) mass is 276 g/mol. The smallest absolute Gasteiger partial charge is 0.172 e. The summed E-state index contributed by atoms with van der Waals surface area (Å²) in [6, 6.07) is 3.72. The predicted octanol–water partition coefficient (Wildman–Crippen LogP) is 3.03. The summed E-state index contributed by atoms with van der Waals surface area (Å²) in [5.41, 5.74) is 1.08. The molecule has 0 aromatic heterocycles. The molecule has 14 heavy (non-hydrogen) atoms. The third-order valence-corrected chi connectivity index (χ3v) is 3.18. The predicted molar refractivity (Wildman–Crippen MR) is 64.5 cm³/mol. The second-order valence-corrected chi connectivity index (χ2v) is 4.16. The number of benzene rings is 1. The van der Waals surface area contributed by atoms with Gasteiger partial charge in [0, 0.05) is 0 Å². The van der Waals surface area contributed by atoms with Crippen LogP contribution in [0.5, 0.6) is 11.5 Å². The van der Waals surface area contributed by atoms with Gasteiger partial charge < -0.3 is 9.84 Å². The molecule has 0 saturated heterocycles. The summed E-state index contributed by atoms with van der Waals surface area (Å²) in [6.45, 7) is 0. The molecule has 0 radical (unpaired) electrons. The van der Waals surface area contributed by atoms with E-state index in [0.29, 0.717) is 5.75 Å². The van der Waals surface area contributed by atoms with Gasteiger partial charge in [0.25, 0.3) is 0 Å². The molecule has 0 spiro atoms. The van der Waals surface area contributed by atoms with E-state index in [2.05, 4.69) is 28.6 Å². The lowest BCUT2D eigenvalue weighted by molar-refractivity contribution is 0.371. The van der Waals surface area contributed by atoms with Gasteiger partial charge in [0.05, 0.1) is 11.6 Å². The lowest BCUT2D eigenvalue weighted by atomic mass is 10.1. The van der Waals surface area contributed by atoms with Gasteiger partial charge in [0.1, 0.15) is 0 Å². The molecule has 0 atom stereocenters. The molecule has 0 aliphatic carbocycles. The molecule has 4 heteroatoms. The van der Waals surface area contributed by atoms with Gasteiger partial charge in [-0.25, -0.2) is 0 Å². The number of halogens is 1. The maximum Gasteiger partial charge on any atom is 0.172 e. The van der Waals surface area contributed by atoms with E-state index in [1.807, 2.05) is 6.07 Å². The Morgan fingerprint density at radius 2 is 2.21 bits per heavy atom. The van der Waals surface area contributed by atoms with Crippen LogP contribution in [0.4, 0.5) is 0 Å². The number of rotatable bonds is 4. The van der Waals surface area contributed by atoms with Gasteiger partial charge >= 0.3 is 0 Å². The van der Waals surface area contributed by atoms with Crippen molar-refractivity contribution in [3.63, 3.8) is 0 Å². The minimum Gasteiger partial charge on any atom is -0.503 e. The lowest BCUT2D eigenvalue weighted by Gasteiger charge is -2.09. The molecule has 0 fully saturated rings. The van der Waals surface area contributed by atoms with Crippen molar-refractivity contribution < 1.29 is 9.84 Å². The molecule has 0 amide bonds. The minimum atomic E-state index is 0.171. The van der Waals surface area contributed by atoms with Crippen LogP contribution in [-0.2, 0) is 6.42 Å². The number of aromatic hydroxyl groups is 1. The molecular weight excluding hydrogens is 264 g/mol. The summed E-state index contributed by atoms with van der Waals surface area (Å²) in [6.07, 6.45) is 1.90. The molecule has 1 rings (SSSR count). The Labute approximate surface area is 97.8 Å². The van der Waals surface area contributed by atoms with E-state index in [0.717, 1.165) is 28.6 Å². The van der Waals surface area contributed by atoms with Crippen molar-refractivity contribution in [2.24, 2.45) is 0 Å². The van der Waals surface area contributed by atoms with E-state index < -0.39 is 0 Å². The zero-order valence-corrected chi connectivity index (χ0v) is 10.4. The first-order chi connectivity index (χ1) is 6.70. The highest BCUT2D eigenvalue weighted by Gasteiger charge is 2.09. The number of hydrogen-bond acceptors (Lipinski definition) is 3. The summed E-state index contributed by atoms with van der Waals surface area (Å²) in [4.78, 5) is 0. The van der Waals surface area contributed by atoms with E-state index in [-0.39, 0.29) is 5.75 Å². The number of ether oxygens (including phenoxy) is 1. The van der Waals surface area contributed by atoms with E-state index in [9.17, 15) is 5.11 Å². The fraction of sp³-hybridized carbons (Fsp3) is 0.400. The number of methoxy groups -OCH3 is 1. The molecule has 0 heterocycles. The summed E-state index contributed by atoms with van der Waals surface area (Å²) in [5.74, 6) is 1.51. The minimum absolute atomic E-state index is 0.171. The average Bonchev–Trinajstić information content (AvgIpc) is 2.20. The molecule has 0 bridgehead atoms. The first-order valence-electron chi connectivity index (χ1n) is 4.36. The van der Waals surface area contributed by atoms with E-state index >= 15 is 0 Å². The van der Waals surface area contributed by atoms with Crippen LogP contribution in [0.15, 0.2) is 16.6 Å². The van der Waals surface area contributed by atoms with Crippen LogP contribution in [-0.4, -0.2) is 18.0 Å². The topological polar surface area (TPSA) is 29.5 Å². The molecule has 0 saturated carbocycles. The van der Waals surface area contributed by atoms with Gasteiger partial charge in [0.2, 0.25) is 0 Å². The fourth-order valence-electron chi connectivity index (χ4n) is 1.22. The third-order valence-electron chi connectivity index (χ3n) is 1.98. The van der Waals surface area contributed by atoms with E-state index in [1.54, 1.807) is 6.07 Å². The van der Waals surface area contributed by atoms with Crippen molar-refractivity contribution in [1.29, 1.82) is 0 Å². The van der Waals surface area contributed by atoms with Crippen LogP contribution in [0.1, 0.15) is 12.0 Å². The molecule has 0 aliphatic rings. The van der Waals surface area contributed by atoms with Crippen LogP contribution in [0.2, 0.25) is 0 Å². The summed E-state index contributed by atoms with van der Waals surface area (Å²) >= 11 is 7.49. The van der Waals surface area contributed by atoms with Crippen LogP contribution in [0.3, 0.4) is 0 Å². The van der Waals surface area contributed by atoms with Gasteiger partial charge in [-0.2, -0.15) is 12.6 Å². The Morgan fingerprint density at radius 1 is 1.50 bits per heavy atom. The Morgan fingerprint density at radius 3 is 2.79 bits per heavy atom. The molecule has 1 N–H and O–H groups in total. The summed E-state index contributed by atoms with van der Waals surface area (Å²) < 4.78 is 5.71. The maximum absolute atomic E-state index is 9.69. The molecule has 0 unspecified atom stereocenters. The van der Waals surface area contributed by atoms with Crippen molar-refractivity contribution in [3.05, 3.63) is 22.2 Å². The van der Waals surface area contributed by atoms with Crippen molar-refractivity contribution in [2.75, 3.05) is 12.9 Å². The Balaban J connectivity index is 2.92. The zero-order chi connectivity index (χ0) is 10.6. The highest BCUT2D eigenvalue weighted by molar-refractivity contribution is 9.10. The Bertz CT molecular complexity index is 315. The third kappa shape index (κ3) is 2.58. The second-order valence-electron chi connectivity index (χ2n) is 2.92. The SMILES string of the molecule is COc1ccc(CCCS)c(Br)c1O. The van der Waals surface area contributed by atoms with Crippen LogP contribution < -0.4 is 4.74 Å². The largest absolute Gasteiger partial charge is 0.503 e. The number of thiol groups is 1. The second kappa shape index (κ2) is 5.51. The van der Waals surface area contributed by atoms with Gasteiger partial charge in [-0.15, -0.1) is 0 Å². The normalized spacial score (nSPS) is 10.2. The Kier molecular flexibility index (Phi) is 4.62.